The van der Waals surface area contributed by atoms with Gasteiger partial charge in [-0.15, -0.1) is 0 Å². The van der Waals surface area contributed by atoms with Crippen LogP contribution in [0.2, 0.25) is 5.22 Å². The summed E-state index contributed by atoms with van der Waals surface area (Å²) in [5.74, 6) is 0.823. The lowest BCUT2D eigenvalue weighted by Gasteiger charge is -2.17. The molecule has 0 aliphatic carbocycles. The van der Waals surface area contributed by atoms with E-state index in [0.717, 1.165) is 35.2 Å². The lowest BCUT2D eigenvalue weighted by Crippen LogP contribution is -2.22. The first-order chi connectivity index (χ1) is 10.3. The fraction of sp³-hybridized carbons (Fsp3) is 0.235. The van der Waals surface area contributed by atoms with E-state index in [0.29, 0.717) is 5.22 Å². The smallest absolute Gasteiger partial charge is 0.193 e. The van der Waals surface area contributed by atoms with Crippen LogP contribution in [0.3, 0.4) is 0 Å². The van der Waals surface area contributed by atoms with Crippen molar-refractivity contribution in [1.29, 1.82) is 0 Å². The zero-order valence-electron chi connectivity index (χ0n) is 11.8. The Balaban J connectivity index is 2.00. The van der Waals surface area contributed by atoms with Crippen LogP contribution < -0.4 is 5.32 Å². The van der Waals surface area contributed by atoms with Gasteiger partial charge < -0.3 is 9.73 Å². The highest BCUT2D eigenvalue weighted by Crippen LogP contribution is 2.27. The number of nitrogens with one attached hydrogen (secondary N) is 1. The molecule has 3 nitrogen and oxygen atoms in total. The van der Waals surface area contributed by atoms with Crippen LogP contribution in [0.25, 0.3) is 10.9 Å². The second-order valence-electron chi connectivity index (χ2n) is 4.98. The minimum atomic E-state index is -0.0103. The monoisotopic (exact) mass is 300 g/mol. The third kappa shape index (κ3) is 3.09. The lowest BCUT2D eigenvalue weighted by atomic mass is 10.0. The number of fused-ring (bicyclic) bond motifs is 1. The number of hydrogen-bond donors (Lipinski definition) is 1. The number of nitrogens with zero attached hydrogens (tertiary/aromatic N) is 1. The molecular weight excluding hydrogens is 284 g/mol. The predicted octanol–water partition coefficient (Wildman–Crippen LogP) is 4.57. The molecule has 0 amide bonds. The predicted molar refractivity (Wildman–Crippen MR) is 85.6 cm³/mol. The molecule has 2 aromatic heterocycles. The van der Waals surface area contributed by atoms with Crippen LogP contribution in [-0.4, -0.2) is 11.5 Å². The molecule has 0 radical (unpaired) electrons. The Morgan fingerprint density at radius 3 is 2.90 bits per heavy atom. The average molecular weight is 301 g/mol. The molecule has 108 valence electrons. The highest BCUT2D eigenvalue weighted by Gasteiger charge is 2.17. The molecule has 0 spiro atoms. The molecule has 1 atom stereocenters. The highest BCUT2D eigenvalue weighted by molar-refractivity contribution is 6.28. The first-order valence-corrected chi connectivity index (χ1v) is 7.49. The molecule has 2 heterocycles. The fourth-order valence-corrected chi connectivity index (χ4v) is 2.57. The van der Waals surface area contributed by atoms with E-state index >= 15 is 0 Å². The summed E-state index contributed by atoms with van der Waals surface area (Å²) in [6.45, 7) is 3.05. The zero-order chi connectivity index (χ0) is 14.7. The van der Waals surface area contributed by atoms with Crippen LogP contribution >= 0.6 is 11.6 Å². The molecule has 1 unspecified atom stereocenters. The van der Waals surface area contributed by atoms with Crippen molar-refractivity contribution in [2.75, 3.05) is 6.54 Å². The Morgan fingerprint density at radius 1 is 1.24 bits per heavy atom. The zero-order valence-corrected chi connectivity index (χ0v) is 12.6. The van der Waals surface area contributed by atoms with Crippen LogP contribution in [0, 0.1) is 0 Å². The van der Waals surface area contributed by atoms with E-state index in [1.807, 2.05) is 18.3 Å². The third-order valence-corrected chi connectivity index (χ3v) is 3.64. The van der Waals surface area contributed by atoms with E-state index in [1.54, 1.807) is 6.07 Å². The van der Waals surface area contributed by atoms with E-state index in [2.05, 4.69) is 41.5 Å². The first-order valence-electron chi connectivity index (χ1n) is 7.11. The molecule has 0 fully saturated rings. The number of rotatable bonds is 5. The molecule has 0 aliphatic heterocycles. The van der Waals surface area contributed by atoms with Gasteiger partial charge in [-0.25, -0.2) is 0 Å². The van der Waals surface area contributed by atoms with Gasteiger partial charge in [-0.3, -0.25) is 4.98 Å². The van der Waals surface area contributed by atoms with Crippen LogP contribution in [0.15, 0.2) is 53.1 Å². The average Bonchev–Trinajstić information content (AvgIpc) is 2.94. The molecule has 0 saturated carbocycles. The van der Waals surface area contributed by atoms with E-state index < -0.39 is 0 Å². The van der Waals surface area contributed by atoms with Crippen LogP contribution in [-0.2, 0) is 0 Å². The molecule has 0 aliphatic rings. The molecule has 1 aromatic carbocycles. The van der Waals surface area contributed by atoms with Gasteiger partial charge in [0.1, 0.15) is 5.76 Å². The third-order valence-electron chi connectivity index (χ3n) is 3.44. The first kappa shape index (κ1) is 14.1. The molecule has 0 saturated heterocycles. The number of pyridine rings is 1. The maximum absolute atomic E-state index is 5.91. The summed E-state index contributed by atoms with van der Waals surface area (Å²) in [5, 5.41) is 5.04. The van der Waals surface area contributed by atoms with Gasteiger partial charge in [0, 0.05) is 11.6 Å². The molecule has 3 rings (SSSR count). The summed E-state index contributed by atoms with van der Waals surface area (Å²) in [5.41, 5.74) is 2.11. The molecule has 21 heavy (non-hydrogen) atoms. The summed E-state index contributed by atoms with van der Waals surface area (Å²) < 4.78 is 5.59. The van der Waals surface area contributed by atoms with Gasteiger partial charge in [0.2, 0.25) is 0 Å². The fourth-order valence-electron chi connectivity index (χ4n) is 2.42. The van der Waals surface area contributed by atoms with Crippen molar-refractivity contribution >= 4 is 22.5 Å². The quantitative estimate of drug-likeness (QED) is 0.750. The summed E-state index contributed by atoms with van der Waals surface area (Å²) >= 11 is 5.91. The standard InChI is InChI=1S/C17H17ClN2O/c1-2-9-20-17(15-7-8-16(18)21-15)13-6-5-12-4-3-10-19-14(12)11-13/h3-8,10-11,17,20H,2,9H2,1H3. The minimum absolute atomic E-state index is 0.0103. The van der Waals surface area contributed by atoms with Crippen molar-refractivity contribution in [1.82, 2.24) is 10.3 Å². The molecule has 1 N–H and O–H groups in total. The molecular formula is C17H17ClN2O. The van der Waals surface area contributed by atoms with Crippen molar-refractivity contribution < 1.29 is 4.42 Å². The van der Waals surface area contributed by atoms with Crippen molar-refractivity contribution in [3.05, 3.63) is 65.2 Å². The number of halogens is 1. The maximum Gasteiger partial charge on any atom is 0.193 e. The molecule has 0 bridgehead atoms. The van der Waals surface area contributed by atoms with Gasteiger partial charge in [0.15, 0.2) is 5.22 Å². The molecule has 3 aromatic rings. The Hall–Kier alpha value is -1.84. The lowest BCUT2D eigenvalue weighted by molar-refractivity contribution is 0.448. The Morgan fingerprint density at radius 2 is 2.14 bits per heavy atom. The van der Waals surface area contributed by atoms with Gasteiger partial charge in [-0.2, -0.15) is 0 Å². The minimum Gasteiger partial charge on any atom is -0.448 e. The van der Waals surface area contributed by atoms with E-state index in [9.17, 15) is 0 Å². The van der Waals surface area contributed by atoms with Crippen molar-refractivity contribution in [3.8, 4) is 0 Å². The second kappa shape index (κ2) is 6.29. The summed E-state index contributed by atoms with van der Waals surface area (Å²) in [6.07, 6.45) is 2.86. The number of aromatic nitrogens is 1. The summed E-state index contributed by atoms with van der Waals surface area (Å²) in [7, 11) is 0. The van der Waals surface area contributed by atoms with Crippen molar-refractivity contribution in [3.63, 3.8) is 0 Å². The Bertz CT molecular complexity index is 738. The Kier molecular flexibility index (Phi) is 4.23. The van der Waals surface area contributed by atoms with Gasteiger partial charge in [0.05, 0.1) is 11.6 Å². The normalized spacial score (nSPS) is 12.7. The van der Waals surface area contributed by atoms with E-state index in [-0.39, 0.29) is 6.04 Å². The Labute approximate surface area is 128 Å². The molecule has 4 heteroatoms. The van der Waals surface area contributed by atoms with Crippen LogP contribution in [0.5, 0.6) is 0 Å². The number of benzene rings is 1. The van der Waals surface area contributed by atoms with Gasteiger partial charge >= 0.3 is 0 Å². The maximum atomic E-state index is 5.91. The van der Waals surface area contributed by atoms with Gasteiger partial charge in [-0.1, -0.05) is 25.1 Å². The SMILES string of the molecule is CCCNC(c1ccc2cccnc2c1)c1ccc(Cl)o1. The van der Waals surface area contributed by atoms with Crippen LogP contribution in [0.4, 0.5) is 0 Å². The second-order valence-corrected chi connectivity index (χ2v) is 5.36. The van der Waals surface area contributed by atoms with E-state index in [1.165, 1.54) is 0 Å². The summed E-state index contributed by atoms with van der Waals surface area (Å²) in [6, 6.07) is 14.0. The highest BCUT2D eigenvalue weighted by atomic mass is 35.5. The number of hydrogen-bond acceptors (Lipinski definition) is 3. The van der Waals surface area contributed by atoms with Crippen molar-refractivity contribution in [2.24, 2.45) is 0 Å². The number of furan rings is 1. The largest absolute Gasteiger partial charge is 0.448 e. The topological polar surface area (TPSA) is 38.1 Å². The van der Waals surface area contributed by atoms with Gasteiger partial charge in [-0.05, 0) is 54.4 Å². The van der Waals surface area contributed by atoms with Crippen LogP contribution in [0.1, 0.15) is 30.7 Å². The summed E-state index contributed by atoms with van der Waals surface area (Å²) in [4.78, 5) is 4.42. The van der Waals surface area contributed by atoms with E-state index in [4.69, 9.17) is 16.0 Å². The van der Waals surface area contributed by atoms with Crippen molar-refractivity contribution in [2.45, 2.75) is 19.4 Å². The van der Waals surface area contributed by atoms with Gasteiger partial charge in [0.25, 0.3) is 0 Å².